The highest BCUT2D eigenvalue weighted by atomic mass is 16.5. The Morgan fingerprint density at radius 2 is 1.77 bits per heavy atom. The van der Waals surface area contributed by atoms with Gasteiger partial charge in [0.1, 0.15) is 5.75 Å². The second-order valence-corrected chi connectivity index (χ2v) is 7.61. The minimum absolute atomic E-state index is 0.263. The smallest absolute Gasteiger partial charge is 0.222 e. The largest absolute Gasteiger partial charge is 0.497 e. The number of hydrogen-bond acceptors (Lipinski definition) is 3. The van der Waals surface area contributed by atoms with Crippen molar-refractivity contribution >= 4 is 11.9 Å². The van der Waals surface area contributed by atoms with Gasteiger partial charge < -0.3 is 19.9 Å². The monoisotopic (exact) mass is 408 g/mol. The van der Waals surface area contributed by atoms with Gasteiger partial charge in [-0.1, -0.05) is 36.4 Å². The summed E-state index contributed by atoms with van der Waals surface area (Å²) < 4.78 is 5.23. The van der Waals surface area contributed by atoms with Crippen molar-refractivity contribution in [1.29, 1.82) is 0 Å². The fourth-order valence-electron chi connectivity index (χ4n) is 3.56. The highest BCUT2D eigenvalue weighted by Crippen LogP contribution is 2.15. The third kappa shape index (κ3) is 5.99. The number of carbonyl (C=O) groups excluding carboxylic acids is 1. The van der Waals surface area contributed by atoms with E-state index in [9.17, 15) is 4.79 Å². The minimum atomic E-state index is 0.263. The molecular weight excluding hydrogens is 376 g/mol. The molecule has 1 amide bonds. The Kier molecular flexibility index (Phi) is 7.71. The first kappa shape index (κ1) is 21.7. The minimum Gasteiger partial charge on any atom is -0.497 e. The third-order valence-corrected chi connectivity index (χ3v) is 5.25. The van der Waals surface area contributed by atoms with Crippen molar-refractivity contribution in [3.63, 3.8) is 0 Å². The average molecular weight is 409 g/mol. The number of aliphatic imine (C=N–C) groups is 1. The Labute approximate surface area is 179 Å². The highest BCUT2D eigenvalue weighted by Gasteiger charge is 2.19. The number of carbonyl (C=O) groups is 1. The normalized spacial score (nSPS) is 14.2. The topological polar surface area (TPSA) is 57.2 Å². The summed E-state index contributed by atoms with van der Waals surface area (Å²) in [5, 5.41) is 3.37. The van der Waals surface area contributed by atoms with Gasteiger partial charge in [-0.05, 0) is 42.2 Å². The molecule has 0 aromatic heterocycles. The Balaban J connectivity index is 1.59. The van der Waals surface area contributed by atoms with E-state index in [1.165, 1.54) is 11.1 Å². The van der Waals surface area contributed by atoms with Crippen molar-refractivity contribution < 1.29 is 9.53 Å². The summed E-state index contributed by atoms with van der Waals surface area (Å²) in [5.74, 6) is 2.00. The van der Waals surface area contributed by atoms with Gasteiger partial charge in [0, 0.05) is 39.6 Å². The van der Waals surface area contributed by atoms with E-state index >= 15 is 0 Å². The van der Waals surface area contributed by atoms with Crippen molar-refractivity contribution in [1.82, 2.24) is 15.1 Å². The van der Waals surface area contributed by atoms with Gasteiger partial charge in [0.05, 0.1) is 13.7 Å². The molecule has 0 spiro atoms. The predicted octanol–water partition coefficient (Wildman–Crippen LogP) is 3.42. The molecule has 0 atom stereocenters. The van der Waals surface area contributed by atoms with Crippen LogP contribution in [0, 0.1) is 0 Å². The summed E-state index contributed by atoms with van der Waals surface area (Å²) in [6.45, 7) is 5.84. The van der Waals surface area contributed by atoms with E-state index in [0.717, 1.165) is 43.3 Å². The number of nitrogens with zero attached hydrogens (tertiary/aromatic N) is 3. The summed E-state index contributed by atoms with van der Waals surface area (Å²) in [6.07, 6.45) is 1.66. The number of amides is 1. The van der Waals surface area contributed by atoms with Crippen molar-refractivity contribution in [2.45, 2.75) is 39.4 Å². The maximum atomic E-state index is 11.8. The van der Waals surface area contributed by atoms with Gasteiger partial charge in [0.2, 0.25) is 5.91 Å². The van der Waals surface area contributed by atoms with Crippen LogP contribution in [0.5, 0.6) is 5.75 Å². The second kappa shape index (κ2) is 10.7. The van der Waals surface area contributed by atoms with Gasteiger partial charge in [-0.15, -0.1) is 0 Å². The van der Waals surface area contributed by atoms with Crippen LogP contribution in [0.2, 0.25) is 0 Å². The van der Waals surface area contributed by atoms with Gasteiger partial charge in [0.15, 0.2) is 5.96 Å². The first-order valence-electron chi connectivity index (χ1n) is 10.6. The maximum Gasteiger partial charge on any atom is 0.222 e. The van der Waals surface area contributed by atoms with Crippen LogP contribution in [0.3, 0.4) is 0 Å². The molecular formula is C24H32N4O2. The van der Waals surface area contributed by atoms with E-state index < -0.39 is 0 Å². The lowest BCUT2D eigenvalue weighted by Crippen LogP contribution is -2.38. The number of benzene rings is 2. The molecule has 6 nitrogen and oxygen atoms in total. The fourth-order valence-corrected chi connectivity index (χ4v) is 3.56. The molecule has 0 radical (unpaired) electrons. The van der Waals surface area contributed by atoms with Crippen LogP contribution in [0.25, 0.3) is 0 Å². The number of methoxy groups -OCH3 is 1. The number of ether oxygens (including phenoxy) is 1. The van der Waals surface area contributed by atoms with Crippen molar-refractivity contribution in [3.8, 4) is 5.75 Å². The lowest BCUT2D eigenvalue weighted by molar-refractivity contribution is -0.128. The van der Waals surface area contributed by atoms with E-state index in [2.05, 4.69) is 53.5 Å². The van der Waals surface area contributed by atoms with Crippen molar-refractivity contribution in [2.24, 2.45) is 4.99 Å². The Hall–Kier alpha value is -3.02. The van der Waals surface area contributed by atoms with E-state index in [1.54, 1.807) is 7.11 Å². The van der Waals surface area contributed by atoms with E-state index in [1.807, 2.05) is 24.1 Å². The third-order valence-electron chi connectivity index (χ3n) is 5.25. The molecule has 6 heteroatoms. The number of nitrogens with one attached hydrogen (secondary N) is 1. The lowest BCUT2D eigenvalue weighted by atomic mass is 10.1. The molecule has 1 saturated heterocycles. The van der Waals surface area contributed by atoms with Crippen molar-refractivity contribution in [2.75, 3.05) is 27.2 Å². The van der Waals surface area contributed by atoms with Crippen LogP contribution in [0.4, 0.5) is 0 Å². The fraction of sp³-hybridized carbons (Fsp3) is 0.417. The molecule has 2 aromatic rings. The lowest BCUT2D eigenvalue weighted by Gasteiger charge is -2.22. The molecule has 0 unspecified atom stereocenters. The molecule has 1 heterocycles. The predicted molar refractivity (Wildman–Crippen MR) is 120 cm³/mol. The van der Waals surface area contributed by atoms with E-state index in [4.69, 9.17) is 9.73 Å². The first-order chi connectivity index (χ1) is 14.6. The molecule has 1 aliphatic rings. The van der Waals surface area contributed by atoms with Gasteiger partial charge in [-0.25, -0.2) is 4.99 Å². The highest BCUT2D eigenvalue weighted by molar-refractivity contribution is 5.79. The zero-order valence-electron chi connectivity index (χ0n) is 18.2. The SMILES string of the molecule is CCNC(=NCc1ccc(CN2CCCC2=O)cc1)N(C)Cc1ccc(OC)cc1. The van der Waals surface area contributed by atoms with Crippen LogP contribution < -0.4 is 10.1 Å². The van der Waals surface area contributed by atoms with Gasteiger partial charge in [0.25, 0.3) is 0 Å². The van der Waals surface area contributed by atoms with Crippen LogP contribution in [-0.2, 0) is 24.4 Å². The van der Waals surface area contributed by atoms with Gasteiger partial charge >= 0.3 is 0 Å². The zero-order chi connectivity index (χ0) is 21.3. The maximum absolute atomic E-state index is 11.8. The molecule has 30 heavy (non-hydrogen) atoms. The summed E-state index contributed by atoms with van der Waals surface area (Å²) in [5.41, 5.74) is 3.52. The molecule has 160 valence electrons. The number of rotatable bonds is 8. The number of guanidine groups is 1. The Morgan fingerprint density at radius 3 is 2.37 bits per heavy atom. The average Bonchev–Trinajstić information content (AvgIpc) is 3.17. The summed E-state index contributed by atoms with van der Waals surface area (Å²) >= 11 is 0. The Morgan fingerprint density at radius 1 is 1.10 bits per heavy atom. The molecule has 0 bridgehead atoms. The standard InChI is InChI=1S/C24H32N4O2/c1-4-25-24(27(2)17-20-11-13-22(30-3)14-12-20)26-16-19-7-9-21(10-8-19)18-28-15-5-6-23(28)29/h7-14H,4-6,15-18H2,1-3H3,(H,25,26). The van der Waals surface area contributed by atoms with Gasteiger partial charge in [-0.3, -0.25) is 4.79 Å². The quantitative estimate of drug-likeness (QED) is 0.537. The van der Waals surface area contributed by atoms with Crippen LogP contribution >= 0.6 is 0 Å². The molecule has 0 aliphatic carbocycles. The van der Waals surface area contributed by atoms with Crippen LogP contribution in [0.15, 0.2) is 53.5 Å². The molecule has 1 aliphatic heterocycles. The zero-order valence-corrected chi connectivity index (χ0v) is 18.2. The molecule has 1 fully saturated rings. The van der Waals surface area contributed by atoms with Crippen molar-refractivity contribution in [3.05, 3.63) is 65.2 Å². The van der Waals surface area contributed by atoms with E-state index in [0.29, 0.717) is 19.5 Å². The summed E-state index contributed by atoms with van der Waals surface area (Å²) in [7, 11) is 3.72. The van der Waals surface area contributed by atoms with E-state index in [-0.39, 0.29) is 5.91 Å². The molecule has 3 rings (SSSR count). The van der Waals surface area contributed by atoms with Crippen LogP contribution in [0.1, 0.15) is 36.5 Å². The summed E-state index contributed by atoms with van der Waals surface area (Å²) in [6, 6.07) is 16.5. The molecule has 0 saturated carbocycles. The second-order valence-electron chi connectivity index (χ2n) is 7.61. The molecule has 2 aromatic carbocycles. The number of hydrogen-bond donors (Lipinski definition) is 1. The Bertz CT molecular complexity index is 847. The first-order valence-corrected chi connectivity index (χ1v) is 10.6. The van der Waals surface area contributed by atoms with Crippen LogP contribution in [-0.4, -0.2) is 48.9 Å². The summed E-state index contributed by atoms with van der Waals surface area (Å²) in [4.78, 5) is 20.7. The van der Waals surface area contributed by atoms with Gasteiger partial charge in [-0.2, -0.15) is 0 Å². The molecule has 1 N–H and O–H groups in total. The number of likely N-dealkylation sites (tertiary alicyclic amines) is 1.